The van der Waals surface area contributed by atoms with Crippen LogP contribution in [0.15, 0.2) is 30.7 Å². The molecule has 0 atom stereocenters. The summed E-state index contributed by atoms with van der Waals surface area (Å²) in [6.07, 6.45) is -0.951. The first kappa shape index (κ1) is 10.5. The second-order valence-corrected chi connectivity index (χ2v) is 2.95. The number of fused-ring (bicyclic) bond motifs is 1. The predicted molar refractivity (Wildman–Crippen MR) is 47.4 cm³/mol. The van der Waals surface area contributed by atoms with Crippen LogP contribution in [0.3, 0.4) is 0 Å². The van der Waals surface area contributed by atoms with Crippen molar-refractivity contribution in [3.8, 4) is 0 Å². The van der Waals surface area contributed by atoms with Crippen molar-refractivity contribution in [3.63, 3.8) is 0 Å². The van der Waals surface area contributed by atoms with Gasteiger partial charge in [-0.3, -0.25) is 4.98 Å². The highest BCUT2D eigenvalue weighted by Crippen LogP contribution is 2.17. The monoisotopic (exact) mass is 230 g/mol. The highest BCUT2D eigenvalue weighted by Gasteiger charge is 2.42. The Balaban J connectivity index is 2.32. The van der Waals surface area contributed by atoms with E-state index in [1.54, 1.807) is 0 Å². The zero-order chi connectivity index (χ0) is 11.8. The van der Waals surface area contributed by atoms with Crippen molar-refractivity contribution in [2.75, 3.05) is 0 Å². The molecule has 0 unspecified atom stereocenters. The smallest absolute Gasteiger partial charge is 0.328 e. The molecule has 0 aromatic carbocycles. The van der Waals surface area contributed by atoms with Gasteiger partial charge in [0.05, 0.1) is 5.52 Å². The number of hydrogen-bond acceptors (Lipinski definition) is 3. The number of rotatable bonds is 1. The quantitative estimate of drug-likeness (QED) is 0.746. The minimum atomic E-state index is -5.01. The number of halogens is 3. The first-order valence-corrected chi connectivity index (χ1v) is 4.19. The largest absolute Gasteiger partial charge is 0.493 e. The maximum atomic E-state index is 11.9. The van der Waals surface area contributed by atoms with Crippen LogP contribution in [0.25, 0.3) is 10.9 Å². The fourth-order valence-electron chi connectivity index (χ4n) is 1.18. The lowest BCUT2D eigenvalue weighted by Gasteiger charge is -2.07. The third kappa shape index (κ3) is 1.83. The van der Waals surface area contributed by atoms with E-state index in [1.807, 2.05) is 0 Å². The molecule has 2 aromatic rings. The number of nitrogens with zero attached hydrogens (tertiary/aromatic N) is 2. The zero-order valence-corrected chi connectivity index (χ0v) is 7.73. The molecule has 0 bridgehead atoms. The van der Waals surface area contributed by atoms with Crippen molar-refractivity contribution >= 4 is 16.9 Å². The van der Waals surface area contributed by atoms with Gasteiger partial charge in [-0.1, -0.05) is 0 Å². The highest BCUT2D eigenvalue weighted by atomic mass is 19.4. The number of alkyl halides is 3. The summed E-state index contributed by atoms with van der Waals surface area (Å²) in [5, 5.41) is 0.581. The van der Waals surface area contributed by atoms with Gasteiger partial charge in [0.15, 0.2) is 0 Å². The van der Waals surface area contributed by atoms with E-state index >= 15 is 0 Å². The van der Waals surface area contributed by atoms with Crippen molar-refractivity contribution in [1.82, 2.24) is 9.71 Å². The van der Waals surface area contributed by atoms with Crippen molar-refractivity contribution in [3.05, 3.63) is 30.7 Å². The van der Waals surface area contributed by atoms with Crippen molar-refractivity contribution < 1.29 is 22.8 Å². The molecular formula is C9H5F3N2O2. The number of carbonyl (C=O) groups excluding carboxylic acids is 1. The molecule has 0 aliphatic rings. The van der Waals surface area contributed by atoms with Gasteiger partial charge in [0.25, 0.3) is 0 Å². The first-order valence-electron chi connectivity index (χ1n) is 4.19. The summed E-state index contributed by atoms with van der Waals surface area (Å²) in [5.74, 6) is -2.26. The lowest BCUT2D eigenvalue weighted by atomic mass is 10.3. The lowest BCUT2D eigenvalue weighted by Crippen LogP contribution is -2.32. The standard InChI is InChI=1S/C9H5F3N2O2/c10-9(11,12)8(15)16-14-4-2-6-5-13-3-1-7(6)14/h1-5H. The molecule has 0 spiro atoms. The van der Waals surface area contributed by atoms with Crippen LogP contribution in [0, 0.1) is 0 Å². The molecule has 0 aliphatic heterocycles. The topological polar surface area (TPSA) is 44.1 Å². The van der Waals surface area contributed by atoms with Gasteiger partial charge in [-0.05, 0) is 12.1 Å². The fraction of sp³-hybridized carbons (Fsp3) is 0.111. The molecule has 7 heteroatoms. The third-order valence-corrected chi connectivity index (χ3v) is 1.87. The Morgan fingerprint density at radius 2 is 2.12 bits per heavy atom. The summed E-state index contributed by atoms with van der Waals surface area (Å²) >= 11 is 0. The molecule has 0 amide bonds. The summed E-state index contributed by atoms with van der Waals surface area (Å²) in [7, 11) is 0. The minimum absolute atomic E-state index is 0.340. The Labute approximate surface area is 87.2 Å². The van der Waals surface area contributed by atoms with Gasteiger partial charge in [-0.2, -0.15) is 17.9 Å². The Morgan fingerprint density at radius 3 is 2.81 bits per heavy atom. The molecule has 2 aromatic heterocycles. The van der Waals surface area contributed by atoms with Gasteiger partial charge in [-0.25, -0.2) is 4.79 Å². The summed E-state index contributed by atoms with van der Waals surface area (Å²) in [6.45, 7) is 0. The van der Waals surface area contributed by atoms with Gasteiger partial charge in [0.2, 0.25) is 0 Å². The zero-order valence-electron chi connectivity index (χ0n) is 7.73. The molecule has 4 nitrogen and oxygen atoms in total. The maximum Gasteiger partial charge on any atom is 0.493 e. The minimum Gasteiger partial charge on any atom is -0.328 e. The van der Waals surface area contributed by atoms with Crippen LogP contribution in [-0.4, -0.2) is 21.9 Å². The van der Waals surface area contributed by atoms with E-state index in [1.165, 1.54) is 30.7 Å². The van der Waals surface area contributed by atoms with Gasteiger partial charge >= 0.3 is 12.1 Å². The lowest BCUT2D eigenvalue weighted by molar-refractivity contribution is -0.199. The molecule has 0 saturated heterocycles. The second-order valence-electron chi connectivity index (χ2n) is 2.95. The molecule has 16 heavy (non-hydrogen) atoms. The van der Waals surface area contributed by atoms with E-state index in [2.05, 4.69) is 9.82 Å². The average Bonchev–Trinajstić information content (AvgIpc) is 2.61. The fourth-order valence-corrected chi connectivity index (χ4v) is 1.18. The Bertz CT molecular complexity index is 533. The molecule has 0 N–H and O–H groups in total. The average molecular weight is 230 g/mol. The normalized spacial score (nSPS) is 11.7. The van der Waals surface area contributed by atoms with Gasteiger partial charge in [0, 0.05) is 24.0 Å². The second kappa shape index (κ2) is 3.51. The van der Waals surface area contributed by atoms with Crippen molar-refractivity contribution in [2.24, 2.45) is 0 Å². The van der Waals surface area contributed by atoms with E-state index < -0.39 is 12.1 Å². The van der Waals surface area contributed by atoms with E-state index in [0.29, 0.717) is 10.9 Å². The summed E-state index contributed by atoms with van der Waals surface area (Å²) in [5.41, 5.74) is 0.340. The number of hydrogen-bond donors (Lipinski definition) is 0. The van der Waals surface area contributed by atoms with Crippen LogP contribution in [-0.2, 0) is 4.79 Å². The van der Waals surface area contributed by atoms with Gasteiger partial charge < -0.3 is 4.84 Å². The molecule has 0 fully saturated rings. The van der Waals surface area contributed by atoms with Crippen LogP contribution in [0.2, 0.25) is 0 Å². The summed E-state index contributed by atoms with van der Waals surface area (Å²) in [4.78, 5) is 18.5. The van der Waals surface area contributed by atoms with Crippen LogP contribution < -0.4 is 4.84 Å². The van der Waals surface area contributed by atoms with E-state index in [9.17, 15) is 18.0 Å². The van der Waals surface area contributed by atoms with Crippen molar-refractivity contribution in [2.45, 2.75) is 6.18 Å². The first-order chi connectivity index (χ1) is 7.48. The predicted octanol–water partition coefficient (Wildman–Crippen LogP) is 1.55. The van der Waals surface area contributed by atoms with Crippen LogP contribution in [0.5, 0.6) is 0 Å². The Kier molecular flexibility index (Phi) is 2.30. The number of aromatic nitrogens is 2. The van der Waals surface area contributed by atoms with Gasteiger partial charge in [-0.15, -0.1) is 0 Å². The number of pyridine rings is 1. The van der Waals surface area contributed by atoms with E-state index in [4.69, 9.17) is 0 Å². The van der Waals surface area contributed by atoms with Gasteiger partial charge in [0.1, 0.15) is 0 Å². The van der Waals surface area contributed by atoms with Crippen LogP contribution in [0.4, 0.5) is 13.2 Å². The van der Waals surface area contributed by atoms with Crippen molar-refractivity contribution in [1.29, 1.82) is 0 Å². The molecule has 2 heterocycles. The number of carbonyl (C=O) groups is 1. The molecule has 0 saturated carbocycles. The molecule has 2 rings (SSSR count). The highest BCUT2D eigenvalue weighted by molar-refractivity contribution is 5.81. The summed E-state index contributed by atoms with van der Waals surface area (Å²) < 4.78 is 36.6. The third-order valence-electron chi connectivity index (χ3n) is 1.87. The molecule has 84 valence electrons. The van der Waals surface area contributed by atoms with Crippen LogP contribution >= 0.6 is 0 Å². The Hall–Kier alpha value is -2.05. The van der Waals surface area contributed by atoms with E-state index in [0.717, 1.165) is 4.73 Å². The Morgan fingerprint density at radius 1 is 1.38 bits per heavy atom. The van der Waals surface area contributed by atoms with E-state index in [-0.39, 0.29) is 0 Å². The molecule has 0 aliphatic carbocycles. The maximum absolute atomic E-state index is 11.9. The molecule has 0 radical (unpaired) electrons. The SMILES string of the molecule is O=C(On1ccc2cnccc21)C(F)(F)F. The molecular weight excluding hydrogens is 225 g/mol. The summed E-state index contributed by atoms with van der Waals surface area (Å²) in [6, 6.07) is 2.94. The van der Waals surface area contributed by atoms with Crippen LogP contribution in [0.1, 0.15) is 0 Å².